The topological polar surface area (TPSA) is 46.5 Å². The molecule has 0 saturated carbocycles. The van der Waals surface area contributed by atoms with E-state index in [4.69, 9.17) is 14.1 Å². The zero-order valence-corrected chi connectivity index (χ0v) is 16.4. The SMILES string of the molecule is CC1C2=C(CCC(C)(C)C2)SC1C1C=CC=CC1COS.O=CO. The van der Waals surface area contributed by atoms with Crippen molar-refractivity contribution in [3.05, 3.63) is 34.8 Å². The molecule has 0 saturated heterocycles. The first kappa shape index (κ1) is 19.7. The van der Waals surface area contributed by atoms with Gasteiger partial charge in [0, 0.05) is 11.2 Å². The molecule has 0 spiro atoms. The van der Waals surface area contributed by atoms with Crippen molar-refractivity contribution in [2.24, 2.45) is 23.2 Å². The molecule has 0 fully saturated rings. The average Bonchev–Trinajstić information content (AvgIpc) is 2.85. The average molecular weight is 369 g/mol. The molecule has 1 aliphatic heterocycles. The van der Waals surface area contributed by atoms with E-state index in [0.717, 1.165) is 0 Å². The molecule has 3 aliphatic rings. The Hall–Kier alpha value is -0.650. The van der Waals surface area contributed by atoms with E-state index in [2.05, 4.69) is 69.7 Å². The summed E-state index contributed by atoms with van der Waals surface area (Å²) < 4.78 is 5.14. The third-order valence-electron chi connectivity index (χ3n) is 5.32. The van der Waals surface area contributed by atoms with E-state index in [0.29, 0.717) is 35.0 Å². The molecule has 3 rings (SSSR count). The van der Waals surface area contributed by atoms with Crippen molar-refractivity contribution in [1.82, 2.24) is 0 Å². The molecule has 24 heavy (non-hydrogen) atoms. The second-order valence-electron chi connectivity index (χ2n) is 7.57. The normalized spacial score (nSPS) is 33.7. The smallest absolute Gasteiger partial charge is 0.290 e. The Labute approximate surface area is 155 Å². The summed E-state index contributed by atoms with van der Waals surface area (Å²) in [5.41, 5.74) is 2.23. The Balaban J connectivity index is 0.000000647. The van der Waals surface area contributed by atoms with Gasteiger partial charge >= 0.3 is 0 Å². The summed E-state index contributed by atoms with van der Waals surface area (Å²) in [6.07, 6.45) is 12.9. The van der Waals surface area contributed by atoms with E-state index in [-0.39, 0.29) is 6.47 Å². The van der Waals surface area contributed by atoms with E-state index in [9.17, 15) is 0 Å². The Kier molecular flexibility index (Phi) is 7.08. The van der Waals surface area contributed by atoms with E-state index in [1.165, 1.54) is 19.3 Å². The van der Waals surface area contributed by atoms with Crippen molar-refractivity contribution in [1.29, 1.82) is 0 Å². The fourth-order valence-electron chi connectivity index (χ4n) is 4.02. The standard InChI is InChI=1S/C18H26OS2.CH2O2/c1-12-15-10-18(2,3)9-8-16(15)21-17(12)14-7-5-4-6-13(14)11-19-20;2-1-3/h4-7,12-14,17,20H,8-11H2,1-3H3;1H,(H,2,3). The number of hydrogen-bond acceptors (Lipinski definition) is 4. The highest BCUT2D eigenvalue weighted by Gasteiger charge is 2.42. The van der Waals surface area contributed by atoms with Crippen LogP contribution in [0.1, 0.15) is 40.0 Å². The highest BCUT2D eigenvalue weighted by molar-refractivity contribution is 8.04. The van der Waals surface area contributed by atoms with Crippen molar-refractivity contribution in [2.45, 2.75) is 45.3 Å². The second kappa shape index (κ2) is 8.63. The molecule has 4 atom stereocenters. The molecule has 0 bridgehead atoms. The molecule has 0 aromatic carbocycles. The predicted molar refractivity (Wildman–Crippen MR) is 104 cm³/mol. The number of rotatable bonds is 3. The van der Waals surface area contributed by atoms with Crippen LogP contribution in [0.5, 0.6) is 0 Å². The van der Waals surface area contributed by atoms with Crippen LogP contribution in [0.4, 0.5) is 0 Å². The van der Waals surface area contributed by atoms with Gasteiger partial charge in [0.2, 0.25) is 0 Å². The third-order valence-corrected chi connectivity index (χ3v) is 7.21. The molecular formula is C19H28O3S2. The molecule has 4 unspecified atom stereocenters. The van der Waals surface area contributed by atoms with Gasteiger partial charge in [0.1, 0.15) is 0 Å². The number of carboxylic acid groups (broad SMARTS) is 1. The maximum absolute atomic E-state index is 8.36. The highest BCUT2D eigenvalue weighted by Crippen LogP contribution is 2.56. The number of thiol groups is 1. The summed E-state index contributed by atoms with van der Waals surface area (Å²) >= 11 is 6.12. The van der Waals surface area contributed by atoms with Gasteiger partial charge in [0.25, 0.3) is 6.47 Å². The van der Waals surface area contributed by atoms with Gasteiger partial charge < -0.3 is 9.29 Å². The van der Waals surface area contributed by atoms with Crippen LogP contribution in [-0.2, 0) is 8.98 Å². The fourth-order valence-corrected chi connectivity index (χ4v) is 5.97. The van der Waals surface area contributed by atoms with Crippen molar-refractivity contribution >= 4 is 31.1 Å². The first-order valence-corrected chi connectivity index (χ1v) is 9.75. The van der Waals surface area contributed by atoms with E-state index in [1.54, 1.807) is 10.5 Å². The highest BCUT2D eigenvalue weighted by atomic mass is 32.2. The van der Waals surface area contributed by atoms with Crippen LogP contribution in [0.15, 0.2) is 34.8 Å². The monoisotopic (exact) mass is 368 g/mol. The molecule has 0 aromatic heterocycles. The van der Waals surface area contributed by atoms with Crippen LogP contribution in [0.3, 0.4) is 0 Å². The lowest BCUT2D eigenvalue weighted by molar-refractivity contribution is -0.122. The Morgan fingerprint density at radius 2 is 2.08 bits per heavy atom. The van der Waals surface area contributed by atoms with Gasteiger partial charge in [-0.1, -0.05) is 50.6 Å². The lowest BCUT2D eigenvalue weighted by Crippen LogP contribution is -2.30. The molecule has 1 N–H and O–H groups in total. The molecule has 0 amide bonds. The third kappa shape index (κ3) is 4.50. The first-order chi connectivity index (χ1) is 11.4. The van der Waals surface area contributed by atoms with Crippen molar-refractivity contribution in [3.63, 3.8) is 0 Å². The van der Waals surface area contributed by atoms with Gasteiger partial charge in [-0.15, -0.1) is 11.8 Å². The van der Waals surface area contributed by atoms with Gasteiger partial charge in [-0.25, -0.2) is 0 Å². The molecule has 3 nitrogen and oxygen atoms in total. The number of carbonyl (C=O) groups is 1. The Morgan fingerprint density at radius 3 is 2.75 bits per heavy atom. The van der Waals surface area contributed by atoms with E-state index < -0.39 is 0 Å². The Bertz CT molecular complexity index is 537. The molecular weight excluding hydrogens is 340 g/mol. The quantitative estimate of drug-likeness (QED) is 0.412. The lowest BCUT2D eigenvalue weighted by Gasteiger charge is -2.33. The minimum absolute atomic E-state index is 0.250. The van der Waals surface area contributed by atoms with E-state index in [1.807, 2.05) is 0 Å². The Morgan fingerprint density at radius 1 is 1.42 bits per heavy atom. The zero-order valence-electron chi connectivity index (χ0n) is 14.6. The van der Waals surface area contributed by atoms with Crippen LogP contribution in [0.2, 0.25) is 0 Å². The van der Waals surface area contributed by atoms with Gasteiger partial charge in [-0.2, -0.15) is 0 Å². The summed E-state index contributed by atoms with van der Waals surface area (Å²) in [4.78, 5) is 10.1. The zero-order chi connectivity index (χ0) is 17.7. The van der Waals surface area contributed by atoms with Crippen molar-refractivity contribution in [2.75, 3.05) is 6.61 Å². The van der Waals surface area contributed by atoms with Crippen LogP contribution in [-0.4, -0.2) is 23.4 Å². The minimum Gasteiger partial charge on any atom is -0.483 e. The summed E-state index contributed by atoms with van der Waals surface area (Å²) in [7, 11) is 0. The molecule has 0 aromatic rings. The molecule has 134 valence electrons. The van der Waals surface area contributed by atoms with E-state index >= 15 is 0 Å². The van der Waals surface area contributed by atoms with Gasteiger partial charge in [-0.05, 0) is 54.3 Å². The van der Waals surface area contributed by atoms with Crippen molar-refractivity contribution in [3.8, 4) is 0 Å². The van der Waals surface area contributed by atoms with Crippen LogP contribution >= 0.6 is 24.7 Å². The van der Waals surface area contributed by atoms with Crippen LogP contribution in [0.25, 0.3) is 0 Å². The molecule has 0 radical (unpaired) electrons. The molecule has 2 aliphatic carbocycles. The summed E-state index contributed by atoms with van der Waals surface area (Å²) in [5, 5.41) is 7.55. The molecule has 5 heteroatoms. The van der Waals surface area contributed by atoms with Gasteiger partial charge in [-0.3, -0.25) is 4.79 Å². The molecule has 1 heterocycles. The van der Waals surface area contributed by atoms with Crippen LogP contribution < -0.4 is 0 Å². The fraction of sp³-hybridized carbons (Fsp3) is 0.632. The largest absolute Gasteiger partial charge is 0.483 e. The number of allylic oxidation sites excluding steroid dienone is 5. The lowest BCUT2D eigenvalue weighted by atomic mass is 9.72. The maximum atomic E-state index is 8.36. The maximum Gasteiger partial charge on any atom is 0.290 e. The summed E-state index contributed by atoms with van der Waals surface area (Å²) in [6.45, 7) is 7.73. The minimum atomic E-state index is -0.250. The second-order valence-corrected chi connectivity index (χ2v) is 9.10. The van der Waals surface area contributed by atoms with Crippen LogP contribution in [0, 0.1) is 23.2 Å². The van der Waals surface area contributed by atoms with Crippen molar-refractivity contribution < 1.29 is 14.1 Å². The summed E-state index contributed by atoms with van der Waals surface area (Å²) in [5.74, 6) is 1.71. The first-order valence-electron chi connectivity index (χ1n) is 8.51. The number of hydrogen-bond donors (Lipinski definition) is 2. The summed E-state index contributed by atoms with van der Waals surface area (Å²) in [6, 6.07) is 0. The predicted octanol–water partition coefficient (Wildman–Crippen LogP) is 5.12. The number of thioether (sulfide) groups is 1. The van der Waals surface area contributed by atoms with Gasteiger partial charge in [0.05, 0.1) is 6.61 Å². The van der Waals surface area contributed by atoms with Gasteiger partial charge in [0.15, 0.2) is 0 Å².